The summed E-state index contributed by atoms with van der Waals surface area (Å²) < 4.78 is 9.74. The molecule has 0 aliphatic rings. The molecule has 5 nitrogen and oxygen atoms in total. The summed E-state index contributed by atoms with van der Waals surface area (Å²) in [4.78, 5) is 9.72. The maximum atomic E-state index is 10.2. The first kappa shape index (κ1) is 27.3. The third-order valence-corrected chi connectivity index (χ3v) is 2.26. The van der Waals surface area contributed by atoms with Gasteiger partial charge in [-0.25, -0.2) is 0 Å². The summed E-state index contributed by atoms with van der Waals surface area (Å²) in [5.74, 6) is 1.53. The normalized spacial score (nSPS) is 7.52. The maximum Gasteiger partial charge on any atom is 0.269 e. The zero-order chi connectivity index (χ0) is 20.1. The Morgan fingerprint density at radius 3 is 1.32 bits per heavy atom. The number of nitro benzene ring substituents is 1. The van der Waals surface area contributed by atoms with Crippen molar-refractivity contribution in [1.82, 2.24) is 0 Å². The number of para-hydroxylation sites is 1. The molecular formula is C20H33NO4. The second-order valence-corrected chi connectivity index (χ2v) is 3.47. The Morgan fingerprint density at radius 2 is 1.04 bits per heavy atom. The molecule has 2 rings (SSSR count). The Morgan fingerprint density at radius 1 is 0.680 bits per heavy atom. The number of benzene rings is 2. The van der Waals surface area contributed by atoms with Crippen molar-refractivity contribution in [3.8, 4) is 11.5 Å². The fourth-order valence-electron chi connectivity index (χ4n) is 1.26. The first-order chi connectivity index (χ1) is 12.2. The highest BCUT2D eigenvalue weighted by molar-refractivity contribution is 5.35. The van der Waals surface area contributed by atoms with Crippen molar-refractivity contribution in [2.75, 3.05) is 14.2 Å². The van der Waals surface area contributed by atoms with Gasteiger partial charge in [-0.2, -0.15) is 0 Å². The lowest BCUT2D eigenvalue weighted by Gasteiger charge is -1.96. The van der Waals surface area contributed by atoms with Crippen LogP contribution in [0.1, 0.15) is 41.5 Å². The topological polar surface area (TPSA) is 61.6 Å². The minimum atomic E-state index is -0.445. The van der Waals surface area contributed by atoms with Crippen molar-refractivity contribution < 1.29 is 14.4 Å². The third-order valence-electron chi connectivity index (χ3n) is 2.26. The molecule has 0 saturated heterocycles. The van der Waals surface area contributed by atoms with Gasteiger partial charge < -0.3 is 9.47 Å². The number of hydrogen-bond acceptors (Lipinski definition) is 4. The number of methoxy groups -OCH3 is 2. The fourth-order valence-corrected chi connectivity index (χ4v) is 1.26. The zero-order valence-corrected chi connectivity index (χ0v) is 16.8. The van der Waals surface area contributed by atoms with Gasteiger partial charge in [0.05, 0.1) is 19.1 Å². The smallest absolute Gasteiger partial charge is 0.269 e. The lowest BCUT2D eigenvalue weighted by Crippen LogP contribution is -1.87. The molecule has 0 atom stereocenters. The lowest BCUT2D eigenvalue weighted by atomic mass is 10.3. The van der Waals surface area contributed by atoms with Gasteiger partial charge in [-0.3, -0.25) is 10.1 Å². The number of hydrogen-bond donors (Lipinski definition) is 0. The van der Waals surface area contributed by atoms with E-state index in [2.05, 4.69) is 0 Å². The SMILES string of the molecule is CC.CC.CC.COc1ccc([N+](=O)[O-])cc1.COc1ccccc1. The van der Waals surface area contributed by atoms with Crippen LogP contribution < -0.4 is 9.47 Å². The molecule has 0 aliphatic carbocycles. The molecule has 0 heterocycles. The second-order valence-electron chi connectivity index (χ2n) is 3.47. The minimum Gasteiger partial charge on any atom is -0.497 e. The zero-order valence-electron chi connectivity index (χ0n) is 16.8. The standard InChI is InChI=1S/C7H7NO3.C7H8O.3C2H6/c1-11-7-4-2-6(3-5-7)8(9)10;1-8-7-5-3-2-4-6-7;3*1-2/h2-5H,1H3;2-6H,1H3;3*1-2H3. The van der Waals surface area contributed by atoms with E-state index in [4.69, 9.17) is 9.47 Å². The van der Waals surface area contributed by atoms with Crippen LogP contribution >= 0.6 is 0 Å². The summed E-state index contributed by atoms with van der Waals surface area (Å²) in [6, 6.07) is 15.6. The molecule has 142 valence electrons. The van der Waals surface area contributed by atoms with Gasteiger partial charge in [-0.1, -0.05) is 59.7 Å². The molecule has 5 heteroatoms. The molecule has 0 radical (unpaired) electrons. The quantitative estimate of drug-likeness (QED) is 0.475. The Labute approximate surface area is 152 Å². The second kappa shape index (κ2) is 21.4. The summed E-state index contributed by atoms with van der Waals surface area (Å²) in [5.41, 5.74) is 0.0748. The van der Waals surface area contributed by atoms with Gasteiger partial charge in [0.25, 0.3) is 5.69 Å². The van der Waals surface area contributed by atoms with Crippen LogP contribution in [-0.2, 0) is 0 Å². The molecule has 0 fully saturated rings. The van der Waals surface area contributed by atoms with Gasteiger partial charge >= 0.3 is 0 Å². The van der Waals surface area contributed by atoms with E-state index >= 15 is 0 Å². The largest absolute Gasteiger partial charge is 0.497 e. The summed E-state index contributed by atoms with van der Waals surface area (Å²) in [6.45, 7) is 12.0. The molecule has 25 heavy (non-hydrogen) atoms. The Balaban J connectivity index is -0.000000305. The van der Waals surface area contributed by atoms with Gasteiger partial charge in [-0.05, 0) is 24.3 Å². The maximum absolute atomic E-state index is 10.2. The van der Waals surface area contributed by atoms with Crippen LogP contribution in [0.4, 0.5) is 5.69 Å². The fraction of sp³-hybridized carbons (Fsp3) is 0.400. The molecule has 0 aromatic heterocycles. The van der Waals surface area contributed by atoms with Gasteiger partial charge in [0.15, 0.2) is 0 Å². The molecule has 0 aliphatic heterocycles. The van der Waals surface area contributed by atoms with Gasteiger partial charge in [0.2, 0.25) is 0 Å². The summed E-state index contributed by atoms with van der Waals surface area (Å²) in [5, 5.41) is 10.2. The number of non-ortho nitro benzene ring substituents is 1. The van der Waals surface area contributed by atoms with Crippen LogP contribution in [0.3, 0.4) is 0 Å². The molecule has 0 spiro atoms. The third kappa shape index (κ3) is 14.7. The highest BCUT2D eigenvalue weighted by atomic mass is 16.6. The van der Waals surface area contributed by atoms with Crippen LogP contribution in [0.5, 0.6) is 11.5 Å². The average Bonchev–Trinajstić information content (AvgIpc) is 2.73. The van der Waals surface area contributed by atoms with E-state index in [0.29, 0.717) is 5.75 Å². The number of ether oxygens (including phenoxy) is 2. The van der Waals surface area contributed by atoms with Crippen molar-refractivity contribution in [1.29, 1.82) is 0 Å². The van der Waals surface area contributed by atoms with Gasteiger partial charge in [0, 0.05) is 12.1 Å². The number of nitro groups is 1. The predicted octanol–water partition coefficient (Wildman–Crippen LogP) is 6.38. The van der Waals surface area contributed by atoms with Crippen molar-refractivity contribution in [2.45, 2.75) is 41.5 Å². The van der Waals surface area contributed by atoms with Gasteiger partial charge in [-0.15, -0.1) is 0 Å². The number of nitrogens with zero attached hydrogens (tertiary/aromatic N) is 1. The van der Waals surface area contributed by atoms with Gasteiger partial charge in [0.1, 0.15) is 11.5 Å². The first-order valence-corrected chi connectivity index (χ1v) is 8.55. The molecule has 0 saturated carbocycles. The van der Waals surface area contributed by atoms with Crippen LogP contribution in [0.2, 0.25) is 0 Å². The molecule has 0 unspecified atom stereocenters. The lowest BCUT2D eigenvalue weighted by molar-refractivity contribution is -0.384. The van der Waals surface area contributed by atoms with Crippen LogP contribution in [0.25, 0.3) is 0 Å². The van der Waals surface area contributed by atoms with Crippen molar-refractivity contribution in [3.63, 3.8) is 0 Å². The average molecular weight is 351 g/mol. The van der Waals surface area contributed by atoms with Crippen LogP contribution in [-0.4, -0.2) is 19.1 Å². The molecular weight excluding hydrogens is 318 g/mol. The summed E-state index contributed by atoms with van der Waals surface area (Å²) in [6.07, 6.45) is 0. The van der Waals surface area contributed by atoms with Crippen LogP contribution in [0.15, 0.2) is 54.6 Å². The van der Waals surface area contributed by atoms with Crippen molar-refractivity contribution in [3.05, 3.63) is 64.7 Å². The van der Waals surface area contributed by atoms with E-state index in [-0.39, 0.29) is 5.69 Å². The summed E-state index contributed by atoms with van der Waals surface area (Å²) >= 11 is 0. The van der Waals surface area contributed by atoms with E-state index < -0.39 is 4.92 Å². The molecule has 0 N–H and O–H groups in total. The van der Waals surface area contributed by atoms with E-state index in [1.54, 1.807) is 19.2 Å². The molecule has 2 aromatic carbocycles. The molecule has 2 aromatic rings. The highest BCUT2D eigenvalue weighted by Crippen LogP contribution is 2.16. The highest BCUT2D eigenvalue weighted by Gasteiger charge is 2.02. The van der Waals surface area contributed by atoms with Crippen LogP contribution in [0, 0.1) is 10.1 Å². The Hall–Kier alpha value is -2.56. The molecule has 0 bridgehead atoms. The number of rotatable bonds is 3. The minimum absolute atomic E-state index is 0.0748. The van der Waals surface area contributed by atoms with E-state index in [9.17, 15) is 10.1 Å². The van der Waals surface area contributed by atoms with Crippen molar-refractivity contribution in [2.24, 2.45) is 0 Å². The van der Waals surface area contributed by atoms with E-state index in [1.165, 1.54) is 19.2 Å². The summed E-state index contributed by atoms with van der Waals surface area (Å²) in [7, 11) is 3.18. The van der Waals surface area contributed by atoms with E-state index in [1.807, 2.05) is 71.9 Å². The predicted molar refractivity (Wildman–Crippen MR) is 107 cm³/mol. The van der Waals surface area contributed by atoms with Crippen molar-refractivity contribution >= 4 is 5.69 Å². The van der Waals surface area contributed by atoms with E-state index in [0.717, 1.165) is 5.75 Å². The Bertz CT molecular complexity index is 499. The Kier molecular flexibility index (Phi) is 23.4. The monoisotopic (exact) mass is 351 g/mol. The first-order valence-electron chi connectivity index (χ1n) is 8.55. The molecule has 0 amide bonds.